The summed E-state index contributed by atoms with van der Waals surface area (Å²) in [7, 11) is 0. The average Bonchev–Trinajstić information content (AvgIpc) is 2.16. The van der Waals surface area contributed by atoms with Gasteiger partial charge in [-0.1, -0.05) is 0 Å². The molecule has 1 rings (SSSR count). The van der Waals surface area contributed by atoms with E-state index in [1.54, 1.807) is 0 Å². The van der Waals surface area contributed by atoms with E-state index in [1.807, 2.05) is 0 Å². The lowest BCUT2D eigenvalue weighted by molar-refractivity contribution is 0.0683. The second-order valence-electron chi connectivity index (χ2n) is 2.76. The molecule has 0 aliphatic carbocycles. The van der Waals surface area contributed by atoms with Crippen molar-refractivity contribution in [1.29, 1.82) is 0 Å². The largest absolute Gasteiger partial charge is 0.478 e. The van der Waals surface area contributed by atoms with Crippen LogP contribution in [-0.4, -0.2) is 16.1 Å². The Hall–Kier alpha value is -1.76. The van der Waals surface area contributed by atoms with E-state index in [1.165, 1.54) is 0 Å². The van der Waals surface area contributed by atoms with Crippen molar-refractivity contribution in [3.8, 4) is 0 Å². The zero-order valence-corrected chi connectivity index (χ0v) is 7.58. The highest BCUT2D eigenvalue weighted by Crippen LogP contribution is 2.27. The van der Waals surface area contributed by atoms with Gasteiger partial charge in [-0.25, -0.2) is 18.6 Å². The highest BCUT2D eigenvalue weighted by molar-refractivity contribution is 5.92. The van der Waals surface area contributed by atoms with E-state index < -0.39 is 23.5 Å². The minimum absolute atomic E-state index is 0.0692. The van der Waals surface area contributed by atoms with Crippen LogP contribution < -0.4 is 11.5 Å². The third kappa shape index (κ3) is 2.01. The number of nitrogens with two attached hydrogens (primary N) is 2. The summed E-state index contributed by atoms with van der Waals surface area (Å²) in [5.41, 5.74) is 9.28. The highest BCUT2D eigenvalue weighted by Gasteiger charge is 2.23. The first-order chi connectivity index (χ1) is 6.99. The average molecular weight is 217 g/mol. The number of carboxylic acids is 1. The van der Waals surface area contributed by atoms with Crippen LogP contribution in [0.25, 0.3) is 0 Å². The monoisotopic (exact) mass is 217 g/mol. The number of nitrogen functional groups attached to an aromatic ring is 1. The summed E-state index contributed by atoms with van der Waals surface area (Å²) in [6.45, 7) is -0.249. The van der Waals surface area contributed by atoms with Crippen molar-refractivity contribution in [2.24, 2.45) is 5.73 Å². The molecule has 0 radical (unpaired) electrons. The number of halogens is 2. The molecule has 1 heterocycles. The van der Waals surface area contributed by atoms with Gasteiger partial charge >= 0.3 is 5.97 Å². The number of carbonyl (C=O) groups is 1. The van der Waals surface area contributed by atoms with Gasteiger partial charge in [-0.3, -0.25) is 0 Å². The molecule has 1 aromatic rings. The lowest BCUT2D eigenvalue weighted by atomic mass is 10.0. The smallest absolute Gasteiger partial charge is 0.336 e. The van der Waals surface area contributed by atoms with E-state index in [0.29, 0.717) is 0 Å². The number of nitrogens with zero attached hydrogens (tertiary/aromatic N) is 1. The second kappa shape index (κ2) is 4.18. The van der Waals surface area contributed by atoms with Gasteiger partial charge in [-0.15, -0.1) is 0 Å². The van der Waals surface area contributed by atoms with E-state index in [2.05, 4.69) is 4.98 Å². The Labute approximate surface area is 83.7 Å². The van der Waals surface area contributed by atoms with Gasteiger partial charge in [0.15, 0.2) is 0 Å². The molecule has 0 aliphatic rings. The zero-order valence-electron chi connectivity index (χ0n) is 7.58. The van der Waals surface area contributed by atoms with Crippen LogP contribution in [0.4, 0.5) is 14.6 Å². The maximum atomic E-state index is 12.5. The minimum atomic E-state index is -2.92. The fraction of sp³-hybridized carbons (Fsp3) is 0.250. The predicted molar refractivity (Wildman–Crippen MR) is 48.5 cm³/mol. The second-order valence-corrected chi connectivity index (χ2v) is 2.76. The summed E-state index contributed by atoms with van der Waals surface area (Å²) >= 11 is 0. The molecule has 0 aliphatic heterocycles. The number of carboxylic acid groups (broad SMARTS) is 1. The molecule has 0 saturated carbocycles. The molecule has 5 nitrogen and oxygen atoms in total. The fourth-order valence-electron chi connectivity index (χ4n) is 1.21. The Bertz CT molecular complexity index is 396. The summed E-state index contributed by atoms with van der Waals surface area (Å²) in [5, 5.41) is 8.78. The number of anilines is 1. The molecular weight excluding hydrogens is 208 g/mol. The Morgan fingerprint density at radius 2 is 2.20 bits per heavy atom. The summed E-state index contributed by atoms with van der Waals surface area (Å²) in [5.74, 6) is -1.63. The molecule has 0 spiro atoms. The lowest BCUT2D eigenvalue weighted by Crippen LogP contribution is -2.14. The van der Waals surface area contributed by atoms with Gasteiger partial charge < -0.3 is 16.6 Å². The predicted octanol–water partition coefficient (Wildman–Crippen LogP) is 0.758. The topological polar surface area (TPSA) is 102 Å². The van der Waals surface area contributed by atoms with E-state index in [9.17, 15) is 13.6 Å². The third-order valence-corrected chi connectivity index (χ3v) is 1.90. The molecular formula is C8H9F2N3O2. The third-order valence-electron chi connectivity index (χ3n) is 1.90. The van der Waals surface area contributed by atoms with E-state index in [-0.39, 0.29) is 17.9 Å². The minimum Gasteiger partial charge on any atom is -0.478 e. The van der Waals surface area contributed by atoms with Gasteiger partial charge in [-0.05, 0) is 0 Å². The van der Waals surface area contributed by atoms with Crippen molar-refractivity contribution in [3.63, 3.8) is 0 Å². The number of hydrogen-bond acceptors (Lipinski definition) is 4. The normalized spacial score (nSPS) is 10.7. The van der Waals surface area contributed by atoms with Crippen molar-refractivity contribution in [2.45, 2.75) is 13.0 Å². The van der Waals surface area contributed by atoms with Crippen LogP contribution >= 0.6 is 0 Å². The molecule has 0 unspecified atom stereocenters. The Balaban J connectivity index is 3.49. The van der Waals surface area contributed by atoms with Gasteiger partial charge in [-0.2, -0.15) is 0 Å². The quantitative estimate of drug-likeness (QED) is 0.693. The molecule has 0 bridgehead atoms. The van der Waals surface area contributed by atoms with Crippen molar-refractivity contribution >= 4 is 11.8 Å². The number of aromatic carboxylic acids is 1. The summed E-state index contributed by atoms with van der Waals surface area (Å²) in [4.78, 5) is 14.3. The van der Waals surface area contributed by atoms with E-state index in [0.717, 1.165) is 6.20 Å². The summed E-state index contributed by atoms with van der Waals surface area (Å²) < 4.78 is 24.9. The van der Waals surface area contributed by atoms with Gasteiger partial charge in [0.2, 0.25) is 0 Å². The van der Waals surface area contributed by atoms with Gasteiger partial charge in [0.25, 0.3) is 6.43 Å². The van der Waals surface area contributed by atoms with Crippen LogP contribution in [-0.2, 0) is 6.54 Å². The molecule has 0 saturated heterocycles. The van der Waals surface area contributed by atoms with Gasteiger partial charge in [0.1, 0.15) is 5.82 Å². The van der Waals surface area contributed by atoms with Gasteiger partial charge in [0, 0.05) is 18.3 Å². The number of pyridine rings is 1. The maximum absolute atomic E-state index is 12.5. The number of aromatic nitrogens is 1. The van der Waals surface area contributed by atoms with Crippen molar-refractivity contribution < 1.29 is 18.7 Å². The lowest BCUT2D eigenvalue weighted by Gasteiger charge is -2.10. The Kier molecular flexibility index (Phi) is 3.15. The fourth-order valence-corrected chi connectivity index (χ4v) is 1.21. The molecule has 7 heteroatoms. The van der Waals surface area contributed by atoms with Crippen molar-refractivity contribution in [3.05, 3.63) is 22.9 Å². The van der Waals surface area contributed by atoms with Crippen LogP contribution in [0.1, 0.15) is 27.9 Å². The molecule has 0 amide bonds. The maximum Gasteiger partial charge on any atom is 0.336 e. The number of rotatable bonds is 3. The first kappa shape index (κ1) is 11.3. The molecule has 15 heavy (non-hydrogen) atoms. The van der Waals surface area contributed by atoms with Crippen molar-refractivity contribution in [1.82, 2.24) is 4.98 Å². The van der Waals surface area contributed by atoms with Crippen LogP contribution in [0.3, 0.4) is 0 Å². The van der Waals surface area contributed by atoms with Crippen LogP contribution in [0, 0.1) is 0 Å². The molecule has 5 N–H and O–H groups in total. The number of alkyl halides is 2. The van der Waals surface area contributed by atoms with Crippen molar-refractivity contribution in [2.75, 3.05) is 5.73 Å². The van der Waals surface area contributed by atoms with Crippen LogP contribution in [0.2, 0.25) is 0 Å². The first-order valence-corrected chi connectivity index (χ1v) is 3.97. The Morgan fingerprint density at radius 1 is 1.60 bits per heavy atom. The molecule has 0 fully saturated rings. The molecule has 0 atom stereocenters. The standard InChI is InChI=1S/C8H9F2N3O2/c9-6(10)4-2-13-7(12)3(1-11)5(4)8(14)15/h2,6H,1,11H2,(H2,12,13)(H,14,15). The molecule has 82 valence electrons. The SMILES string of the molecule is NCc1c(N)ncc(C(F)F)c1C(=O)O. The van der Waals surface area contributed by atoms with Gasteiger partial charge in [0.05, 0.1) is 11.1 Å². The molecule has 1 aromatic heterocycles. The zero-order chi connectivity index (χ0) is 11.6. The Morgan fingerprint density at radius 3 is 2.60 bits per heavy atom. The number of hydrogen-bond donors (Lipinski definition) is 3. The van der Waals surface area contributed by atoms with E-state index in [4.69, 9.17) is 16.6 Å². The summed E-state index contributed by atoms with van der Waals surface area (Å²) in [6, 6.07) is 0. The van der Waals surface area contributed by atoms with Crippen LogP contribution in [0.5, 0.6) is 0 Å². The first-order valence-electron chi connectivity index (χ1n) is 3.97. The van der Waals surface area contributed by atoms with E-state index >= 15 is 0 Å². The van der Waals surface area contributed by atoms with Crippen LogP contribution in [0.15, 0.2) is 6.20 Å². The molecule has 0 aromatic carbocycles. The highest BCUT2D eigenvalue weighted by atomic mass is 19.3. The summed E-state index contributed by atoms with van der Waals surface area (Å²) in [6.07, 6.45) is -2.17.